The molecule has 0 heterocycles. The molecule has 20 heavy (non-hydrogen) atoms. The van der Waals surface area contributed by atoms with Crippen LogP contribution in [-0.2, 0) is 0 Å². The van der Waals surface area contributed by atoms with Crippen LogP contribution >= 0.6 is 0 Å². The normalized spacial score (nSPS) is 10.5. The Balaban J connectivity index is 1.98. The molecule has 0 atom stereocenters. The molecule has 0 bridgehead atoms. The zero-order valence-electron chi connectivity index (χ0n) is 11.6. The number of carbonyl (C=O) groups excluding carboxylic acids is 1. The Bertz CT molecular complexity index is 615. The first kappa shape index (κ1) is 13.9. The number of aryl methyl sites for hydroxylation is 1. The highest BCUT2D eigenvalue weighted by atomic mass is 16.5. The first-order valence-electron chi connectivity index (χ1n) is 6.37. The number of hydrogen-bond donors (Lipinski definition) is 1. The molecule has 0 aliphatic rings. The number of methoxy groups -OCH3 is 1. The summed E-state index contributed by atoms with van der Waals surface area (Å²) in [6.07, 6.45) is 3.17. The fourth-order valence-electron chi connectivity index (χ4n) is 1.80. The van der Waals surface area contributed by atoms with E-state index in [0.29, 0.717) is 5.56 Å². The third kappa shape index (κ3) is 3.72. The lowest BCUT2D eigenvalue weighted by molar-refractivity contribution is 0.104. The predicted octanol–water partition coefficient (Wildman–Crippen LogP) is 3.81. The van der Waals surface area contributed by atoms with Crippen molar-refractivity contribution < 1.29 is 9.53 Å². The lowest BCUT2D eigenvalue weighted by Gasteiger charge is -2.02. The van der Waals surface area contributed by atoms with Crippen molar-refractivity contribution in [2.45, 2.75) is 6.92 Å². The first-order chi connectivity index (χ1) is 9.69. The minimum absolute atomic E-state index is 0.0483. The van der Waals surface area contributed by atoms with E-state index in [1.54, 1.807) is 37.6 Å². The van der Waals surface area contributed by atoms with Gasteiger partial charge in [-0.3, -0.25) is 4.79 Å². The van der Waals surface area contributed by atoms with Gasteiger partial charge in [-0.15, -0.1) is 0 Å². The maximum Gasteiger partial charge on any atom is 0.187 e. The van der Waals surface area contributed by atoms with Gasteiger partial charge < -0.3 is 10.1 Å². The van der Waals surface area contributed by atoms with Gasteiger partial charge in [0.2, 0.25) is 0 Å². The molecule has 0 amide bonds. The van der Waals surface area contributed by atoms with E-state index in [-0.39, 0.29) is 5.78 Å². The number of allylic oxidation sites excluding steroid dienone is 1. The van der Waals surface area contributed by atoms with E-state index in [0.717, 1.165) is 11.4 Å². The smallest absolute Gasteiger partial charge is 0.187 e. The second-order valence-electron chi connectivity index (χ2n) is 4.44. The van der Waals surface area contributed by atoms with Gasteiger partial charge in [0.25, 0.3) is 0 Å². The number of benzene rings is 2. The van der Waals surface area contributed by atoms with Crippen LogP contribution in [0, 0.1) is 6.92 Å². The molecule has 1 N–H and O–H groups in total. The van der Waals surface area contributed by atoms with Crippen molar-refractivity contribution in [3.8, 4) is 5.75 Å². The van der Waals surface area contributed by atoms with Crippen LogP contribution in [0.4, 0.5) is 5.69 Å². The van der Waals surface area contributed by atoms with Gasteiger partial charge >= 0.3 is 0 Å². The van der Waals surface area contributed by atoms with Gasteiger partial charge in [0.15, 0.2) is 5.78 Å². The Morgan fingerprint density at radius 2 is 1.90 bits per heavy atom. The maximum absolute atomic E-state index is 11.9. The summed E-state index contributed by atoms with van der Waals surface area (Å²) in [5, 5.41) is 3.08. The average Bonchev–Trinajstić information content (AvgIpc) is 2.47. The molecular formula is C17H17NO2. The highest BCUT2D eigenvalue weighted by Gasteiger charge is 2.01. The molecule has 0 unspecified atom stereocenters. The van der Waals surface area contributed by atoms with E-state index in [4.69, 9.17) is 4.74 Å². The van der Waals surface area contributed by atoms with Gasteiger partial charge in [-0.25, -0.2) is 0 Å². The molecule has 0 aromatic heterocycles. The van der Waals surface area contributed by atoms with Crippen LogP contribution in [0.25, 0.3) is 0 Å². The minimum atomic E-state index is -0.0483. The van der Waals surface area contributed by atoms with Crippen molar-refractivity contribution in [1.82, 2.24) is 0 Å². The van der Waals surface area contributed by atoms with Gasteiger partial charge in [-0.05, 0) is 48.9 Å². The Morgan fingerprint density at radius 3 is 2.55 bits per heavy atom. The van der Waals surface area contributed by atoms with Crippen LogP contribution in [0.5, 0.6) is 5.75 Å². The molecule has 0 aliphatic carbocycles. The van der Waals surface area contributed by atoms with Crippen molar-refractivity contribution >= 4 is 11.5 Å². The van der Waals surface area contributed by atoms with Crippen molar-refractivity contribution in [3.63, 3.8) is 0 Å². The maximum atomic E-state index is 11.9. The first-order valence-corrected chi connectivity index (χ1v) is 6.37. The molecule has 102 valence electrons. The molecule has 0 saturated carbocycles. The molecule has 0 fully saturated rings. The summed E-state index contributed by atoms with van der Waals surface area (Å²) in [6.45, 7) is 2.03. The van der Waals surface area contributed by atoms with Crippen molar-refractivity contribution in [3.05, 3.63) is 71.9 Å². The fraction of sp³-hybridized carbons (Fsp3) is 0.118. The van der Waals surface area contributed by atoms with Crippen LogP contribution < -0.4 is 10.1 Å². The number of ketones is 1. The highest BCUT2D eigenvalue weighted by molar-refractivity contribution is 6.04. The van der Waals surface area contributed by atoms with Gasteiger partial charge in [0, 0.05) is 23.5 Å². The molecule has 0 aliphatic heterocycles. The Hall–Kier alpha value is -2.55. The lowest BCUT2D eigenvalue weighted by atomic mass is 10.1. The van der Waals surface area contributed by atoms with E-state index in [1.165, 1.54) is 11.6 Å². The van der Waals surface area contributed by atoms with Gasteiger partial charge in [0.05, 0.1) is 7.11 Å². The van der Waals surface area contributed by atoms with Crippen LogP contribution in [0.1, 0.15) is 15.9 Å². The number of nitrogens with one attached hydrogen (secondary N) is 1. The van der Waals surface area contributed by atoms with Crippen LogP contribution in [-0.4, -0.2) is 12.9 Å². The van der Waals surface area contributed by atoms with Gasteiger partial charge in [-0.2, -0.15) is 0 Å². The molecule has 2 aromatic carbocycles. The molecule has 3 nitrogen and oxygen atoms in total. The Labute approximate surface area is 118 Å². The summed E-state index contributed by atoms with van der Waals surface area (Å²) in [4.78, 5) is 11.9. The zero-order valence-corrected chi connectivity index (χ0v) is 11.6. The van der Waals surface area contributed by atoms with Crippen molar-refractivity contribution in [1.29, 1.82) is 0 Å². The monoisotopic (exact) mass is 267 g/mol. The van der Waals surface area contributed by atoms with Crippen LogP contribution in [0.15, 0.2) is 60.8 Å². The zero-order chi connectivity index (χ0) is 14.4. The second-order valence-corrected chi connectivity index (χ2v) is 4.44. The summed E-state index contributed by atoms with van der Waals surface area (Å²) in [7, 11) is 1.60. The summed E-state index contributed by atoms with van der Waals surface area (Å²) < 4.78 is 5.06. The van der Waals surface area contributed by atoms with E-state index in [2.05, 4.69) is 5.32 Å². The van der Waals surface area contributed by atoms with Crippen molar-refractivity contribution in [2.24, 2.45) is 0 Å². The third-order valence-corrected chi connectivity index (χ3v) is 2.88. The molecule has 0 radical (unpaired) electrons. The van der Waals surface area contributed by atoms with E-state index in [9.17, 15) is 4.79 Å². The number of hydrogen-bond acceptors (Lipinski definition) is 3. The summed E-state index contributed by atoms with van der Waals surface area (Å²) in [5.41, 5.74) is 2.77. The number of ether oxygens (including phenoxy) is 1. The largest absolute Gasteiger partial charge is 0.497 e. The highest BCUT2D eigenvalue weighted by Crippen LogP contribution is 2.12. The standard InChI is InChI=1S/C17H17NO2/c1-13-4-3-5-15(12-13)18-11-10-17(19)14-6-8-16(20-2)9-7-14/h3-12,18H,1-2H3. The van der Waals surface area contributed by atoms with Crippen LogP contribution in [0.2, 0.25) is 0 Å². The fourth-order valence-corrected chi connectivity index (χ4v) is 1.80. The molecule has 0 spiro atoms. The Morgan fingerprint density at radius 1 is 1.15 bits per heavy atom. The number of rotatable bonds is 5. The predicted molar refractivity (Wildman–Crippen MR) is 81.3 cm³/mol. The average molecular weight is 267 g/mol. The molecule has 0 saturated heterocycles. The molecular weight excluding hydrogens is 250 g/mol. The van der Waals surface area contributed by atoms with Crippen molar-refractivity contribution in [2.75, 3.05) is 12.4 Å². The summed E-state index contributed by atoms with van der Waals surface area (Å²) >= 11 is 0. The Kier molecular flexibility index (Phi) is 4.56. The van der Waals surface area contributed by atoms with Gasteiger partial charge in [-0.1, -0.05) is 12.1 Å². The third-order valence-electron chi connectivity index (χ3n) is 2.88. The lowest BCUT2D eigenvalue weighted by Crippen LogP contribution is -1.96. The summed E-state index contributed by atoms with van der Waals surface area (Å²) in [5.74, 6) is 0.691. The SMILES string of the molecule is COc1ccc(C(=O)C=CNc2cccc(C)c2)cc1. The molecule has 2 aromatic rings. The van der Waals surface area contributed by atoms with Crippen LogP contribution in [0.3, 0.4) is 0 Å². The minimum Gasteiger partial charge on any atom is -0.497 e. The summed E-state index contributed by atoms with van der Waals surface area (Å²) in [6, 6.07) is 15.0. The number of anilines is 1. The van der Waals surface area contributed by atoms with E-state index in [1.807, 2.05) is 31.2 Å². The second kappa shape index (κ2) is 6.57. The topological polar surface area (TPSA) is 38.3 Å². The molecule has 3 heteroatoms. The van der Waals surface area contributed by atoms with E-state index < -0.39 is 0 Å². The quantitative estimate of drug-likeness (QED) is 0.661. The van der Waals surface area contributed by atoms with Gasteiger partial charge in [0.1, 0.15) is 5.75 Å². The van der Waals surface area contributed by atoms with E-state index >= 15 is 0 Å². The number of carbonyl (C=O) groups is 1. The molecule has 2 rings (SSSR count).